The first-order valence-electron chi connectivity index (χ1n) is 12.9. The Hall–Kier alpha value is -3.29. The van der Waals surface area contributed by atoms with Crippen LogP contribution in [0.3, 0.4) is 0 Å². The molecule has 208 valence electrons. The number of aromatic nitrogens is 3. The van der Waals surface area contributed by atoms with E-state index in [0.717, 1.165) is 16.7 Å². The van der Waals surface area contributed by atoms with E-state index < -0.39 is 12.2 Å². The second-order valence-electron chi connectivity index (χ2n) is 9.22. The van der Waals surface area contributed by atoms with Crippen molar-refractivity contribution in [3.63, 3.8) is 0 Å². The summed E-state index contributed by atoms with van der Waals surface area (Å²) in [5.41, 5.74) is 4.87. The number of hydrogen-bond acceptors (Lipinski definition) is 9. The lowest BCUT2D eigenvalue weighted by molar-refractivity contribution is -0.245. The molecule has 3 aromatic rings. The second kappa shape index (κ2) is 14.8. The van der Waals surface area contributed by atoms with Crippen LogP contribution < -0.4 is 10.8 Å². The maximum Gasteiger partial charge on any atom is 0.243 e. The molecule has 39 heavy (non-hydrogen) atoms. The van der Waals surface area contributed by atoms with E-state index in [-0.39, 0.29) is 31.1 Å². The maximum atomic E-state index is 12.5. The monoisotopic (exact) mass is 555 g/mol. The molecule has 1 fully saturated rings. The van der Waals surface area contributed by atoms with Crippen LogP contribution in [0.1, 0.15) is 67.6 Å². The molecule has 2 aromatic carbocycles. The van der Waals surface area contributed by atoms with Crippen LogP contribution in [-0.2, 0) is 25.7 Å². The molecule has 11 nitrogen and oxygen atoms in total. The predicted molar refractivity (Wildman–Crippen MR) is 144 cm³/mol. The van der Waals surface area contributed by atoms with Crippen molar-refractivity contribution < 1.29 is 29.4 Å². The molecule has 0 radical (unpaired) electrons. The van der Waals surface area contributed by atoms with Crippen LogP contribution in [-0.4, -0.2) is 49.2 Å². The maximum absolute atomic E-state index is 12.5. The average molecular weight is 556 g/mol. The summed E-state index contributed by atoms with van der Waals surface area (Å²) in [6.45, 7) is -0.0205. The number of benzene rings is 2. The molecule has 1 aliphatic rings. The summed E-state index contributed by atoms with van der Waals surface area (Å²) in [6, 6.07) is 15.1. The van der Waals surface area contributed by atoms with Gasteiger partial charge in [0.25, 0.3) is 0 Å². The number of rotatable bonds is 13. The number of nitrogens with one attached hydrogen (secondary N) is 3. The number of amides is 2. The van der Waals surface area contributed by atoms with E-state index >= 15 is 0 Å². The zero-order valence-corrected chi connectivity index (χ0v) is 22.2. The fourth-order valence-electron chi connectivity index (χ4n) is 4.25. The third-order valence-corrected chi connectivity index (χ3v) is 7.30. The van der Waals surface area contributed by atoms with Gasteiger partial charge in [0.1, 0.15) is 6.33 Å². The summed E-state index contributed by atoms with van der Waals surface area (Å²) in [7, 11) is 0. The highest BCUT2D eigenvalue weighted by Gasteiger charge is 2.32. The molecule has 0 bridgehead atoms. The molecule has 1 saturated heterocycles. The van der Waals surface area contributed by atoms with Crippen molar-refractivity contribution in [2.24, 2.45) is 0 Å². The molecule has 1 aromatic heterocycles. The second-order valence-corrected chi connectivity index (χ2v) is 10.2. The number of H-pyrrole nitrogens is 1. The molecular weight excluding hydrogens is 522 g/mol. The van der Waals surface area contributed by atoms with Crippen molar-refractivity contribution in [1.29, 1.82) is 0 Å². The summed E-state index contributed by atoms with van der Waals surface area (Å²) in [6.07, 6.45) is 3.63. The van der Waals surface area contributed by atoms with Crippen molar-refractivity contribution in [2.45, 2.75) is 68.8 Å². The Kier molecular flexibility index (Phi) is 10.9. The standard InChI is InChI=1S/C27H33N5O6S/c33-15-18-9-11-19(12-10-18)23-14-22(16-39-27-28-17-29-31-27)37-26(38-23)20-5-4-6-21(13-20)30-24(34)7-2-1-3-8-25(35)32-36/h4-6,9-13,17,22-23,26,33,36H,1-3,7-8,14-16H2,(H,30,34)(H,32,35)(H,28,29,31)/t22-,23+,26+/m1/s1. The first-order valence-corrected chi connectivity index (χ1v) is 13.8. The Morgan fingerprint density at radius 3 is 2.54 bits per heavy atom. The lowest BCUT2D eigenvalue weighted by atomic mass is 10.0. The van der Waals surface area contributed by atoms with E-state index in [1.807, 2.05) is 48.5 Å². The Balaban J connectivity index is 1.39. The van der Waals surface area contributed by atoms with Crippen LogP contribution in [0.2, 0.25) is 0 Å². The number of thioether (sulfide) groups is 1. The zero-order valence-electron chi connectivity index (χ0n) is 21.4. The highest BCUT2D eigenvalue weighted by molar-refractivity contribution is 7.99. The summed E-state index contributed by atoms with van der Waals surface area (Å²) in [5.74, 6) is 0.107. The molecular formula is C27H33N5O6S. The van der Waals surface area contributed by atoms with Gasteiger partial charge in [-0.2, -0.15) is 5.10 Å². The normalized spacial score (nSPS) is 19.0. The first kappa shape index (κ1) is 28.7. The van der Waals surface area contributed by atoms with Gasteiger partial charge in [0.15, 0.2) is 11.4 Å². The van der Waals surface area contributed by atoms with Crippen LogP contribution in [0, 0.1) is 0 Å². The largest absolute Gasteiger partial charge is 0.392 e. The molecule has 2 amide bonds. The zero-order chi connectivity index (χ0) is 27.5. The van der Waals surface area contributed by atoms with Crippen molar-refractivity contribution in [3.05, 3.63) is 71.5 Å². The molecule has 4 rings (SSSR count). The van der Waals surface area contributed by atoms with Gasteiger partial charge in [0.2, 0.25) is 11.8 Å². The highest BCUT2D eigenvalue weighted by Crippen LogP contribution is 2.39. The van der Waals surface area contributed by atoms with Crippen molar-refractivity contribution in [2.75, 3.05) is 11.1 Å². The molecule has 2 heterocycles. The van der Waals surface area contributed by atoms with Crippen LogP contribution >= 0.6 is 11.8 Å². The predicted octanol–water partition coefficient (Wildman–Crippen LogP) is 4.03. The van der Waals surface area contributed by atoms with Gasteiger partial charge in [-0.15, -0.1) is 0 Å². The number of ether oxygens (including phenoxy) is 2. The minimum atomic E-state index is -0.642. The minimum absolute atomic E-state index is 0.0205. The molecule has 0 saturated carbocycles. The van der Waals surface area contributed by atoms with Gasteiger partial charge in [-0.25, -0.2) is 10.5 Å². The highest BCUT2D eigenvalue weighted by atomic mass is 32.2. The van der Waals surface area contributed by atoms with E-state index in [0.29, 0.717) is 48.7 Å². The van der Waals surface area contributed by atoms with Crippen LogP contribution in [0.15, 0.2) is 60.0 Å². The quantitative estimate of drug-likeness (QED) is 0.0908. The van der Waals surface area contributed by atoms with Gasteiger partial charge in [-0.05, 0) is 36.1 Å². The number of carbonyl (C=O) groups excluding carboxylic acids is 2. The van der Waals surface area contributed by atoms with E-state index in [4.69, 9.17) is 14.7 Å². The Bertz CT molecular complexity index is 1190. The molecule has 5 N–H and O–H groups in total. The lowest BCUT2D eigenvalue weighted by Crippen LogP contribution is -2.31. The van der Waals surface area contributed by atoms with Crippen LogP contribution in [0.25, 0.3) is 0 Å². The Labute approximate surface area is 230 Å². The smallest absolute Gasteiger partial charge is 0.243 e. The number of unbranched alkanes of at least 4 members (excludes halogenated alkanes) is 2. The summed E-state index contributed by atoms with van der Waals surface area (Å²) in [4.78, 5) is 27.7. The number of hydrogen-bond donors (Lipinski definition) is 5. The fourth-order valence-corrected chi connectivity index (χ4v) is 5.05. The van der Waals surface area contributed by atoms with Crippen molar-refractivity contribution in [3.8, 4) is 0 Å². The number of hydroxylamine groups is 1. The third-order valence-electron chi connectivity index (χ3n) is 6.29. The Morgan fingerprint density at radius 2 is 1.82 bits per heavy atom. The lowest BCUT2D eigenvalue weighted by Gasteiger charge is -2.36. The van der Waals surface area contributed by atoms with Crippen LogP contribution in [0.4, 0.5) is 5.69 Å². The number of carbonyl (C=O) groups is 2. The van der Waals surface area contributed by atoms with Gasteiger partial charge in [0, 0.05) is 36.3 Å². The number of aromatic amines is 1. The van der Waals surface area contributed by atoms with Crippen molar-refractivity contribution in [1.82, 2.24) is 20.7 Å². The molecule has 12 heteroatoms. The van der Waals surface area contributed by atoms with Gasteiger partial charge >= 0.3 is 0 Å². The molecule has 1 aliphatic heterocycles. The molecule has 0 aliphatic carbocycles. The Morgan fingerprint density at radius 1 is 1.03 bits per heavy atom. The average Bonchev–Trinajstić information content (AvgIpc) is 3.49. The van der Waals surface area contributed by atoms with Gasteiger partial charge in [-0.3, -0.25) is 19.9 Å². The van der Waals surface area contributed by atoms with Crippen molar-refractivity contribution >= 4 is 29.3 Å². The van der Waals surface area contributed by atoms with E-state index in [1.54, 1.807) is 5.48 Å². The molecule has 3 atom stereocenters. The number of nitrogens with zero attached hydrogens (tertiary/aromatic N) is 2. The topological polar surface area (TPSA) is 159 Å². The summed E-state index contributed by atoms with van der Waals surface area (Å²) in [5, 5.41) is 28.3. The summed E-state index contributed by atoms with van der Waals surface area (Å²) >= 11 is 1.53. The number of aliphatic hydroxyl groups excluding tert-OH is 1. The van der Waals surface area contributed by atoms with Gasteiger partial charge in [0.05, 0.1) is 18.8 Å². The minimum Gasteiger partial charge on any atom is -0.392 e. The SMILES string of the molecule is O=C(CCCCCC(=O)Nc1cccc([C@H]2O[C@@H](CSc3ncn[nH]3)C[C@@H](c3ccc(CO)cc3)O2)c1)NO. The third kappa shape index (κ3) is 8.87. The van der Waals surface area contributed by atoms with Gasteiger partial charge < -0.3 is 19.9 Å². The number of anilines is 1. The molecule has 0 unspecified atom stereocenters. The summed E-state index contributed by atoms with van der Waals surface area (Å²) < 4.78 is 12.7. The van der Waals surface area contributed by atoms with Gasteiger partial charge in [-0.1, -0.05) is 54.6 Å². The van der Waals surface area contributed by atoms with Crippen LogP contribution in [0.5, 0.6) is 0 Å². The van der Waals surface area contributed by atoms with E-state index in [2.05, 4.69) is 20.5 Å². The first-order chi connectivity index (χ1) is 19.0. The fraction of sp³-hybridized carbons (Fsp3) is 0.407. The van der Waals surface area contributed by atoms with E-state index in [9.17, 15) is 14.7 Å². The molecule has 0 spiro atoms. The number of aliphatic hydroxyl groups is 1. The van der Waals surface area contributed by atoms with E-state index in [1.165, 1.54) is 18.1 Å².